The summed E-state index contributed by atoms with van der Waals surface area (Å²) >= 11 is 9.11. The summed E-state index contributed by atoms with van der Waals surface area (Å²) in [7, 11) is 0. The number of alkyl halides is 1. The van der Waals surface area contributed by atoms with Gasteiger partial charge in [-0.3, -0.25) is 0 Å². The molecule has 2 unspecified atom stereocenters. The van der Waals surface area contributed by atoms with Crippen LogP contribution < -0.4 is 0 Å². The summed E-state index contributed by atoms with van der Waals surface area (Å²) in [5.41, 5.74) is 1.59. The van der Waals surface area contributed by atoms with Crippen molar-refractivity contribution in [3.63, 3.8) is 0 Å². The first-order valence-electron chi connectivity index (χ1n) is 7.15. The fourth-order valence-corrected chi connectivity index (χ4v) is 3.51. The van der Waals surface area contributed by atoms with E-state index in [0.717, 1.165) is 36.3 Å². The lowest BCUT2D eigenvalue weighted by Crippen LogP contribution is -2.22. The van der Waals surface area contributed by atoms with Gasteiger partial charge in [-0.2, -0.15) is 0 Å². The molecule has 0 aliphatic carbocycles. The molecule has 0 amide bonds. The maximum absolute atomic E-state index is 13.9. The quantitative estimate of drug-likeness (QED) is 0.738. The predicted octanol–water partition coefficient (Wildman–Crippen LogP) is 4.46. The zero-order valence-electron chi connectivity index (χ0n) is 11.8. The molecule has 1 aromatic carbocycles. The van der Waals surface area contributed by atoms with E-state index in [0.29, 0.717) is 16.8 Å². The lowest BCUT2D eigenvalue weighted by molar-refractivity contribution is 0.0736. The van der Waals surface area contributed by atoms with Gasteiger partial charge in [-0.15, -0.1) is 11.6 Å². The molecule has 0 spiro atoms. The highest BCUT2D eigenvalue weighted by atomic mass is 79.9. The molecule has 1 aromatic heterocycles. The number of fused-ring (bicyclic) bond motifs is 1. The van der Waals surface area contributed by atoms with Crippen molar-refractivity contribution < 1.29 is 9.13 Å². The summed E-state index contributed by atoms with van der Waals surface area (Å²) in [6, 6.07) is 3.38. The molecular weight excluding hydrogens is 359 g/mol. The first-order chi connectivity index (χ1) is 10.1. The Hall–Kier alpha value is -0.650. The summed E-state index contributed by atoms with van der Waals surface area (Å²) in [6.07, 6.45) is 2.92. The maximum Gasteiger partial charge on any atom is 0.139 e. The van der Waals surface area contributed by atoms with Crippen LogP contribution >= 0.6 is 27.5 Å². The van der Waals surface area contributed by atoms with Gasteiger partial charge in [-0.1, -0.05) is 0 Å². The van der Waals surface area contributed by atoms with Gasteiger partial charge in [0.05, 0.1) is 27.7 Å². The van der Waals surface area contributed by atoms with E-state index < -0.39 is 0 Å². The van der Waals surface area contributed by atoms with Crippen LogP contribution in [0.2, 0.25) is 0 Å². The highest BCUT2D eigenvalue weighted by Crippen LogP contribution is 2.31. The summed E-state index contributed by atoms with van der Waals surface area (Å²) in [5, 5.41) is 0. The topological polar surface area (TPSA) is 27.1 Å². The standard InChI is InChI=1S/C15H17BrClFN2O/c1-9(14-3-2-6-21-14)20-13-8-11(18)10(16)7-12(13)19-15(20)4-5-17/h7-9,14H,2-6H2,1H3. The SMILES string of the molecule is CC(C1CCCO1)n1c(CCCl)nc2cc(Br)c(F)cc21. The third-order valence-corrected chi connectivity index (χ3v) is 4.83. The molecule has 21 heavy (non-hydrogen) atoms. The minimum absolute atomic E-state index is 0.122. The largest absolute Gasteiger partial charge is 0.376 e. The van der Waals surface area contributed by atoms with Gasteiger partial charge in [0.1, 0.15) is 11.6 Å². The molecular formula is C15H17BrClFN2O. The van der Waals surface area contributed by atoms with Crippen LogP contribution in [-0.4, -0.2) is 28.1 Å². The van der Waals surface area contributed by atoms with E-state index in [1.165, 1.54) is 6.07 Å². The Kier molecular flexibility index (Phi) is 4.52. The number of benzene rings is 1. The molecule has 2 aromatic rings. The van der Waals surface area contributed by atoms with Gasteiger partial charge in [0.2, 0.25) is 0 Å². The third kappa shape index (κ3) is 2.83. The van der Waals surface area contributed by atoms with Gasteiger partial charge in [-0.25, -0.2) is 9.37 Å². The van der Waals surface area contributed by atoms with Gasteiger partial charge in [0.15, 0.2) is 0 Å². The van der Waals surface area contributed by atoms with Crippen LogP contribution in [0.4, 0.5) is 4.39 Å². The molecule has 1 aliphatic heterocycles. The zero-order valence-corrected chi connectivity index (χ0v) is 14.1. The van der Waals surface area contributed by atoms with Crippen molar-refractivity contribution >= 4 is 38.6 Å². The van der Waals surface area contributed by atoms with Crippen molar-refractivity contribution in [3.05, 3.63) is 28.2 Å². The summed E-state index contributed by atoms with van der Waals surface area (Å²) in [6.45, 7) is 2.90. The second-order valence-electron chi connectivity index (χ2n) is 5.38. The third-order valence-electron chi connectivity index (χ3n) is 4.03. The second-order valence-corrected chi connectivity index (χ2v) is 6.62. The van der Waals surface area contributed by atoms with Gasteiger partial charge >= 0.3 is 0 Å². The van der Waals surface area contributed by atoms with E-state index in [1.54, 1.807) is 6.07 Å². The number of aromatic nitrogens is 2. The molecule has 1 fully saturated rings. The molecule has 2 heterocycles. The van der Waals surface area contributed by atoms with Crippen molar-refractivity contribution in [2.75, 3.05) is 12.5 Å². The van der Waals surface area contributed by atoms with E-state index in [1.807, 2.05) is 0 Å². The van der Waals surface area contributed by atoms with Gasteiger partial charge in [0, 0.05) is 25.0 Å². The average molecular weight is 376 g/mol. The Bertz CT molecular complexity index is 655. The molecule has 0 bridgehead atoms. The Morgan fingerprint density at radius 3 is 3.05 bits per heavy atom. The van der Waals surface area contributed by atoms with Crippen LogP contribution in [0.25, 0.3) is 11.0 Å². The molecule has 3 nitrogen and oxygen atoms in total. The molecule has 6 heteroatoms. The minimum Gasteiger partial charge on any atom is -0.376 e. The lowest BCUT2D eigenvalue weighted by Gasteiger charge is -2.23. The Morgan fingerprint density at radius 2 is 2.38 bits per heavy atom. The predicted molar refractivity (Wildman–Crippen MR) is 85.5 cm³/mol. The number of ether oxygens (including phenoxy) is 1. The number of aryl methyl sites for hydroxylation is 1. The van der Waals surface area contributed by atoms with E-state index >= 15 is 0 Å². The van der Waals surface area contributed by atoms with E-state index in [2.05, 4.69) is 32.4 Å². The highest BCUT2D eigenvalue weighted by Gasteiger charge is 2.27. The first-order valence-corrected chi connectivity index (χ1v) is 8.48. The number of hydrogen-bond donors (Lipinski definition) is 0. The van der Waals surface area contributed by atoms with Crippen LogP contribution in [0.5, 0.6) is 0 Å². The van der Waals surface area contributed by atoms with Crippen LogP contribution in [0.1, 0.15) is 31.6 Å². The van der Waals surface area contributed by atoms with Crippen LogP contribution in [-0.2, 0) is 11.2 Å². The van der Waals surface area contributed by atoms with E-state index in [9.17, 15) is 4.39 Å². The smallest absolute Gasteiger partial charge is 0.139 e. The Balaban J connectivity index is 2.12. The van der Waals surface area contributed by atoms with E-state index in [4.69, 9.17) is 16.3 Å². The number of rotatable bonds is 4. The van der Waals surface area contributed by atoms with Crippen LogP contribution in [0.15, 0.2) is 16.6 Å². The number of hydrogen-bond acceptors (Lipinski definition) is 2. The molecule has 1 aliphatic rings. The van der Waals surface area contributed by atoms with Crippen LogP contribution in [0.3, 0.4) is 0 Å². The second kappa shape index (κ2) is 6.23. The fraction of sp³-hybridized carbons (Fsp3) is 0.533. The van der Waals surface area contributed by atoms with Gasteiger partial charge in [-0.05, 0) is 41.8 Å². The van der Waals surface area contributed by atoms with Gasteiger partial charge in [0.25, 0.3) is 0 Å². The van der Waals surface area contributed by atoms with Crippen molar-refractivity contribution in [2.24, 2.45) is 0 Å². The minimum atomic E-state index is -0.277. The van der Waals surface area contributed by atoms with Crippen molar-refractivity contribution in [3.8, 4) is 0 Å². The van der Waals surface area contributed by atoms with Gasteiger partial charge < -0.3 is 9.30 Å². The summed E-state index contributed by atoms with van der Waals surface area (Å²) in [5.74, 6) is 1.10. The monoisotopic (exact) mass is 374 g/mol. The fourth-order valence-electron chi connectivity index (χ4n) is 3.00. The zero-order chi connectivity index (χ0) is 15.0. The van der Waals surface area contributed by atoms with E-state index in [-0.39, 0.29) is 18.0 Å². The number of nitrogens with zero attached hydrogens (tertiary/aromatic N) is 2. The van der Waals surface area contributed by atoms with Crippen molar-refractivity contribution in [2.45, 2.75) is 38.3 Å². The Morgan fingerprint density at radius 1 is 1.57 bits per heavy atom. The molecule has 2 atom stereocenters. The molecule has 3 rings (SSSR count). The summed E-state index contributed by atoms with van der Waals surface area (Å²) < 4.78 is 22.2. The molecule has 0 N–H and O–H groups in total. The van der Waals surface area contributed by atoms with Crippen molar-refractivity contribution in [1.29, 1.82) is 0 Å². The molecule has 0 radical (unpaired) electrons. The first kappa shape index (κ1) is 15.3. The van der Waals surface area contributed by atoms with Crippen LogP contribution in [0, 0.1) is 5.82 Å². The number of imidazole rings is 1. The maximum atomic E-state index is 13.9. The summed E-state index contributed by atoms with van der Waals surface area (Å²) in [4.78, 5) is 4.62. The molecule has 114 valence electrons. The number of halogens is 3. The lowest BCUT2D eigenvalue weighted by atomic mass is 10.1. The van der Waals surface area contributed by atoms with Crippen molar-refractivity contribution in [1.82, 2.24) is 9.55 Å². The molecule has 1 saturated heterocycles. The Labute approximate surface area is 136 Å². The highest BCUT2D eigenvalue weighted by molar-refractivity contribution is 9.10. The average Bonchev–Trinajstić information content (AvgIpc) is 3.07. The molecule has 0 saturated carbocycles. The normalized spacial score (nSPS) is 20.3.